The van der Waals surface area contributed by atoms with Crippen LogP contribution in [0.1, 0.15) is 35.3 Å². The van der Waals surface area contributed by atoms with Crippen LogP contribution < -0.4 is 4.90 Å². The smallest absolute Gasteiger partial charge is 0.342 e. The van der Waals surface area contributed by atoms with Crippen LogP contribution in [0.4, 0.5) is 5.82 Å². The van der Waals surface area contributed by atoms with E-state index in [-0.39, 0.29) is 12.1 Å². The summed E-state index contributed by atoms with van der Waals surface area (Å²) in [7, 11) is 0. The summed E-state index contributed by atoms with van der Waals surface area (Å²) < 4.78 is 5.41. The fraction of sp³-hybridized carbons (Fsp3) is 0.333. The van der Waals surface area contributed by atoms with Crippen LogP contribution in [-0.2, 0) is 11.3 Å². The Balaban J connectivity index is 1.40. The van der Waals surface area contributed by atoms with Crippen molar-refractivity contribution in [1.82, 2.24) is 9.88 Å². The average molecular weight is 430 g/mol. The van der Waals surface area contributed by atoms with Gasteiger partial charge in [0.05, 0.1) is 6.10 Å². The Morgan fingerprint density at radius 2 is 1.72 bits per heavy atom. The maximum absolute atomic E-state index is 12.5. The van der Waals surface area contributed by atoms with Crippen LogP contribution in [0.25, 0.3) is 11.1 Å². The van der Waals surface area contributed by atoms with Gasteiger partial charge in [0.1, 0.15) is 11.4 Å². The topological polar surface area (TPSA) is 45.7 Å². The Hall–Kier alpha value is -3.18. The molecule has 0 aliphatic carbocycles. The zero-order chi connectivity index (χ0) is 22.5. The van der Waals surface area contributed by atoms with E-state index in [1.165, 1.54) is 22.3 Å². The van der Waals surface area contributed by atoms with Crippen LogP contribution in [0.15, 0.2) is 66.9 Å². The van der Waals surface area contributed by atoms with Crippen molar-refractivity contribution in [2.24, 2.45) is 0 Å². The van der Waals surface area contributed by atoms with Crippen molar-refractivity contribution < 1.29 is 9.53 Å². The first-order valence-corrected chi connectivity index (χ1v) is 11.3. The highest BCUT2D eigenvalue weighted by atomic mass is 16.5. The number of rotatable bonds is 6. The van der Waals surface area contributed by atoms with Crippen molar-refractivity contribution >= 4 is 11.8 Å². The molecule has 4 rings (SSSR count). The number of anilines is 1. The Bertz CT molecular complexity index is 1050. The summed E-state index contributed by atoms with van der Waals surface area (Å²) >= 11 is 0. The van der Waals surface area contributed by atoms with Crippen LogP contribution in [0.5, 0.6) is 0 Å². The summed E-state index contributed by atoms with van der Waals surface area (Å²) in [5, 5.41) is 0. The van der Waals surface area contributed by atoms with Gasteiger partial charge in [0, 0.05) is 38.9 Å². The summed E-state index contributed by atoms with van der Waals surface area (Å²) in [5.41, 5.74) is 5.63. The molecular formula is C27H31N3O2. The van der Waals surface area contributed by atoms with Gasteiger partial charge in [-0.25, -0.2) is 9.78 Å². The van der Waals surface area contributed by atoms with Crippen molar-refractivity contribution in [3.8, 4) is 11.1 Å². The first kappa shape index (κ1) is 22.0. The molecule has 0 saturated carbocycles. The largest absolute Gasteiger partial charge is 0.459 e. The number of hydrogen-bond donors (Lipinski definition) is 0. The van der Waals surface area contributed by atoms with Gasteiger partial charge in [0.25, 0.3) is 0 Å². The number of hydrogen-bond acceptors (Lipinski definition) is 5. The van der Waals surface area contributed by atoms with E-state index in [2.05, 4.69) is 70.2 Å². The molecule has 1 aliphatic heterocycles. The van der Waals surface area contributed by atoms with Gasteiger partial charge in [-0.05, 0) is 55.7 Å². The van der Waals surface area contributed by atoms with Crippen LogP contribution in [0.3, 0.4) is 0 Å². The molecule has 0 bridgehead atoms. The predicted octanol–water partition coefficient (Wildman–Crippen LogP) is 4.94. The molecule has 0 atom stereocenters. The van der Waals surface area contributed by atoms with Gasteiger partial charge in [-0.2, -0.15) is 0 Å². The zero-order valence-corrected chi connectivity index (χ0v) is 19.1. The molecule has 3 aromatic rings. The van der Waals surface area contributed by atoms with Crippen molar-refractivity contribution in [2.75, 3.05) is 31.1 Å². The van der Waals surface area contributed by atoms with Crippen molar-refractivity contribution in [1.29, 1.82) is 0 Å². The highest BCUT2D eigenvalue weighted by molar-refractivity contribution is 5.94. The van der Waals surface area contributed by atoms with E-state index < -0.39 is 0 Å². The fourth-order valence-electron chi connectivity index (χ4n) is 4.06. The van der Waals surface area contributed by atoms with Crippen molar-refractivity contribution in [3.63, 3.8) is 0 Å². The molecule has 1 aliphatic rings. The third-order valence-electron chi connectivity index (χ3n) is 5.74. The van der Waals surface area contributed by atoms with E-state index in [1.54, 1.807) is 18.3 Å². The monoisotopic (exact) mass is 429 g/mol. The lowest BCUT2D eigenvalue weighted by atomic mass is 10.0. The number of pyridine rings is 1. The third kappa shape index (κ3) is 5.35. The van der Waals surface area contributed by atoms with E-state index in [9.17, 15) is 4.79 Å². The fourth-order valence-corrected chi connectivity index (χ4v) is 4.06. The maximum Gasteiger partial charge on any atom is 0.342 e. The van der Waals surface area contributed by atoms with E-state index in [0.29, 0.717) is 5.56 Å². The van der Waals surface area contributed by atoms with Crippen molar-refractivity contribution in [2.45, 2.75) is 33.4 Å². The Kier molecular flexibility index (Phi) is 6.86. The van der Waals surface area contributed by atoms with Gasteiger partial charge in [-0.3, -0.25) is 4.90 Å². The Morgan fingerprint density at radius 3 is 2.44 bits per heavy atom. The number of aryl methyl sites for hydroxylation is 1. The Labute approximate surface area is 190 Å². The minimum Gasteiger partial charge on any atom is -0.459 e. The molecule has 5 heteroatoms. The molecule has 1 aromatic heterocycles. The predicted molar refractivity (Wildman–Crippen MR) is 129 cm³/mol. The van der Waals surface area contributed by atoms with Gasteiger partial charge in [-0.15, -0.1) is 0 Å². The second-order valence-electron chi connectivity index (χ2n) is 8.66. The van der Waals surface area contributed by atoms with Gasteiger partial charge in [0.15, 0.2) is 0 Å². The lowest BCUT2D eigenvalue weighted by molar-refractivity contribution is 0.0378. The molecule has 0 unspecified atom stereocenters. The quantitative estimate of drug-likeness (QED) is 0.519. The first-order valence-electron chi connectivity index (χ1n) is 11.3. The first-order chi connectivity index (χ1) is 15.5. The number of benzene rings is 2. The normalized spacial score (nSPS) is 14.6. The summed E-state index contributed by atoms with van der Waals surface area (Å²) in [4.78, 5) is 21.6. The molecular weight excluding hydrogens is 398 g/mol. The van der Waals surface area contributed by atoms with Gasteiger partial charge >= 0.3 is 5.97 Å². The molecule has 2 heterocycles. The molecule has 1 fully saturated rings. The van der Waals surface area contributed by atoms with E-state index in [0.717, 1.165) is 38.5 Å². The highest BCUT2D eigenvalue weighted by Gasteiger charge is 2.23. The lowest BCUT2D eigenvalue weighted by Crippen LogP contribution is -2.46. The molecule has 1 saturated heterocycles. The van der Waals surface area contributed by atoms with Crippen LogP contribution in [0, 0.1) is 6.92 Å². The van der Waals surface area contributed by atoms with E-state index in [1.807, 2.05) is 13.8 Å². The molecule has 0 N–H and O–H groups in total. The highest BCUT2D eigenvalue weighted by Crippen LogP contribution is 2.23. The van der Waals surface area contributed by atoms with Crippen LogP contribution in [-0.4, -0.2) is 48.1 Å². The maximum atomic E-state index is 12.5. The van der Waals surface area contributed by atoms with E-state index >= 15 is 0 Å². The number of carbonyl (C=O) groups excluding carboxylic acids is 1. The molecule has 0 amide bonds. The second-order valence-corrected chi connectivity index (χ2v) is 8.66. The molecule has 2 aromatic carbocycles. The average Bonchev–Trinajstić information content (AvgIpc) is 2.80. The molecule has 5 nitrogen and oxygen atoms in total. The van der Waals surface area contributed by atoms with E-state index in [4.69, 9.17) is 4.74 Å². The van der Waals surface area contributed by atoms with Crippen LogP contribution >= 0.6 is 0 Å². The SMILES string of the molecule is Cc1ccc(-c2cccc(CN3CCN(c4ncccc4C(=O)OC(C)C)CC3)c2)cc1. The van der Waals surface area contributed by atoms with Gasteiger partial charge in [0.2, 0.25) is 0 Å². The number of esters is 1. The number of ether oxygens (including phenoxy) is 1. The van der Waals surface area contributed by atoms with Gasteiger partial charge < -0.3 is 9.64 Å². The minimum atomic E-state index is -0.307. The summed E-state index contributed by atoms with van der Waals surface area (Å²) in [6.45, 7) is 10.3. The summed E-state index contributed by atoms with van der Waals surface area (Å²) in [5.74, 6) is 0.414. The van der Waals surface area contributed by atoms with Crippen molar-refractivity contribution in [3.05, 3.63) is 83.6 Å². The molecule has 0 spiro atoms. The van der Waals surface area contributed by atoms with Crippen LogP contribution in [0.2, 0.25) is 0 Å². The number of aromatic nitrogens is 1. The number of carbonyl (C=O) groups is 1. The standard InChI is InChI=1S/C27H31N3O2/c1-20(2)32-27(31)25-8-5-13-28-26(25)30-16-14-29(15-17-30)19-22-6-4-7-24(18-22)23-11-9-21(3)10-12-23/h4-13,18,20H,14-17,19H2,1-3H3. The molecule has 32 heavy (non-hydrogen) atoms. The summed E-state index contributed by atoms with van der Waals surface area (Å²) in [6.07, 6.45) is 1.59. The minimum absolute atomic E-state index is 0.150. The second kappa shape index (κ2) is 9.96. The summed E-state index contributed by atoms with van der Waals surface area (Å²) in [6, 6.07) is 21.1. The number of piperazine rings is 1. The Morgan fingerprint density at radius 1 is 0.969 bits per heavy atom. The molecule has 166 valence electrons. The number of nitrogens with zero attached hydrogens (tertiary/aromatic N) is 3. The lowest BCUT2D eigenvalue weighted by Gasteiger charge is -2.36. The zero-order valence-electron chi connectivity index (χ0n) is 19.1. The third-order valence-corrected chi connectivity index (χ3v) is 5.74. The van der Waals surface area contributed by atoms with Gasteiger partial charge in [-0.1, -0.05) is 48.0 Å². The molecule has 0 radical (unpaired) electrons.